The van der Waals surface area contributed by atoms with Crippen molar-refractivity contribution < 1.29 is 24.6 Å². The number of rotatable bonds is 4. The number of hydrogen-bond acceptors (Lipinski definition) is 6. The smallest absolute Gasteiger partial charge is 0.247 e. The zero-order valence-corrected chi connectivity index (χ0v) is 13.2. The van der Waals surface area contributed by atoms with Crippen LogP contribution in [0.15, 0.2) is 53.4 Å². The molecule has 24 heavy (non-hydrogen) atoms. The number of phenolic OH excluding ortho intramolecular Hbond substituents is 1. The molecule has 1 saturated heterocycles. The van der Waals surface area contributed by atoms with Gasteiger partial charge in [0.15, 0.2) is 0 Å². The van der Waals surface area contributed by atoms with Gasteiger partial charge in [0, 0.05) is 16.9 Å². The van der Waals surface area contributed by atoms with Crippen molar-refractivity contribution in [2.75, 3.05) is 4.90 Å². The van der Waals surface area contributed by atoms with Crippen LogP contribution in [-0.2, 0) is 9.59 Å². The molecule has 2 aromatic carbocycles. The first-order valence-corrected chi connectivity index (χ1v) is 7.98. The fourth-order valence-electron chi connectivity index (χ4n) is 2.46. The summed E-state index contributed by atoms with van der Waals surface area (Å²) in [7, 11) is 0. The zero-order valence-electron chi connectivity index (χ0n) is 12.3. The third-order valence-corrected chi connectivity index (χ3v) is 4.85. The zero-order chi connectivity index (χ0) is 17.3. The molecule has 0 saturated carbocycles. The molecule has 1 fully saturated rings. The number of benzene rings is 2. The van der Waals surface area contributed by atoms with E-state index in [1.165, 1.54) is 30.3 Å². The molecule has 1 atom stereocenters. The summed E-state index contributed by atoms with van der Waals surface area (Å²) in [6, 6.07) is 11.9. The molecular formula is C17H12NO5S-. The summed E-state index contributed by atoms with van der Waals surface area (Å²) in [5, 5.41) is 19.8. The van der Waals surface area contributed by atoms with Gasteiger partial charge in [-0.3, -0.25) is 9.59 Å². The first-order valence-electron chi connectivity index (χ1n) is 7.10. The summed E-state index contributed by atoms with van der Waals surface area (Å²) in [6.45, 7) is 0. The lowest BCUT2D eigenvalue weighted by Gasteiger charge is -2.16. The summed E-state index contributed by atoms with van der Waals surface area (Å²) >= 11 is 1.04. The van der Waals surface area contributed by atoms with Crippen molar-refractivity contribution in [2.45, 2.75) is 16.6 Å². The number of carboxylic acid groups (broad SMARTS) is 1. The van der Waals surface area contributed by atoms with Gasteiger partial charge in [-0.2, -0.15) is 0 Å². The van der Waals surface area contributed by atoms with Crippen LogP contribution in [-0.4, -0.2) is 28.1 Å². The first-order chi connectivity index (χ1) is 11.5. The Bertz CT molecular complexity index is 818. The molecule has 3 rings (SSSR count). The molecule has 0 unspecified atom stereocenters. The van der Waals surface area contributed by atoms with Crippen molar-refractivity contribution in [3.8, 4) is 5.75 Å². The molecule has 122 valence electrons. The lowest BCUT2D eigenvalue weighted by atomic mass is 10.2. The fourth-order valence-corrected chi connectivity index (χ4v) is 3.63. The van der Waals surface area contributed by atoms with Gasteiger partial charge in [-0.05, 0) is 30.3 Å². The Morgan fingerprint density at radius 1 is 1.12 bits per heavy atom. The highest BCUT2D eigenvalue weighted by Gasteiger charge is 2.40. The Balaban J connectivity index is 1.85. The van der Waals surface area contributed by atoms with Crippen LogP contribution in [0.25, 0.3) is 0 Å². The van der Waals surface area contributed by atoms with Crippen molar-refractivity contribution in [1.29, 1.82) is 0 Å². The first kappa shape index (κ1) is 16.1. The third kappa shape index (κ3) is 2.98. The van der Waals surface area contributed by atoms with Gasteiger partial charge >= 0.3 is 0 Å². The normalized spacial score (nSPS) is 17.3. The van der Waals surface area contributed by atoms with Gasteiger partial charge in [0.2, 0.25) is 11.8 Å². The van der Waals surface area contributed by atoms with Gasteiger partial charge in [-0.25, -0.2) is 4.90 Å². The number of thioether (sulfide) groups is 1. The van der Waals surface area contributed by atoms with E-state index in [1.807, 2.05) is 0 Å². The van der Waals surface area contributed by atoms with E-state index in [9.17, 15) is 24.6 Å². The SMILES string of the molecule is O=C([O-])c1ccccc1S[C@@H]1CC(=O)N(c2ccc(O)cc2)C1=O. The van der Waals surface area contributed by atoms with Crippen molar-refractivity contribution in [2.24, 2.45) is 0 Å². The molecular weight excluding hydrogens is 330 g/mol. The minimum absolute atomic E-state index is 0.00849. The van der Waals surface area contributed by atoms with Gasteiger partial charge in [-0.1, -0.05) is 18.2 Å². The Labute approximate surface area is 141 Å². The molecule has 0 bridgehead atoms. The van der Waals surface area contributed by atoms with Crippen LogP contribution in [0.4, 0.5) is 5.69 Å². The van der Waals surface area contributed by atoms with Crippen LogP contribution in [0.1, 0.15) is 16.8 Å². The van der Waals surface area contributed by atoms with Gasteiger partial charge in [-0.15, -0.1) is 11.8 Å². The molecule has 2 aromatic rings. The van der Waals surface area contributed by atoms with Crippen LogP contribution >= 0.6 is 11.8 Å². The average Bonchev–Trinajstić information content (AvgIpc) is 2.83. The van der Waals surface area contributed by atoms with E-state index in [4.69, 9.17) is 0 Å². The minimum Gasteiger partial charge on any atom is -0.545 e. The van der Waals surface area contributed by atoms with Crippen molar-refractivity contribution in [1.82, 2.24) is 0 Å². The maximum Gasteiger partial charge on any atom is 0.247 e. The highest BCUT2D eigenvalue weighted by atomic mass is 32.2. The predicted octanol–water partition coefficient (Wildman–Crippen LogP) is 1.18. The predicted molar refractivity (Wildman–Crippen MR) is 85.6 cm³/mol. The minimum atomic E-state index is -1.33. The van der Waals surface area contributed by atoms with E-state index >= 15 is 0 Å². The number of amides is 2. The monoisotopic (exact) mass is 342 g/mol. The summed E-state index contributed by atoms with van der Waals surface area (Å²) in [5.74, 6) is -2.07. The number of phenols is 1. The highest BCUT2D eigenvalue weighted by molar-refractivity contribution is 8.00. The summed E-state index contributed by atoms with van der Waals surface area (Å²) in [4.78, 5) is 37.3. The number of hydrogen-bond donors (Lipinski definition) is 1. The number of nitrogens with zero attached hydrogens (tertiary/aromatic N) is 1. The average molecular weight is 342 g/mol. The Kier molecular flexibility index (Phi) is 4.26. The third-order valence-electron chi connectivity index (χ3n) is 3.59. The summed E-state index contributed by atoms with van der Waals surface area (Å²) in [6.07, 6.45) is -0.0221. The molecule has 0 spiro atoms. The van der Waals surface area contributed by atoms with Crippen molar-refractivity contribution in [3.63, 3.8) is 0 Å². The largest absolute Gasteiger partial charge is 0.545 e. The second kappa shape index (κ2) is 6.37. The second-order valence-electron chi connectivity index (χ2n) is 5.18. The maximum atomic E-state index is 12.5. The molecule has 0 aromatic heterocycles. The van der Waals surface area contributed by atoms with Gasteiger partial charge in [0.05, 0.1) is 16.9 Å². The van der Waals surface area contributed by atoms with Crippen LogP contribution in [0.3, 0.4) is 0 Å². The van der Waals surface area contributed by atoms with E-state index in [0.29, 0.717) is 10.6 Å². The van der Waals surface area contributed by atoms with E-state index in [1.54, 1.807) is 18.2 Å². The van der Waals surface area contributed by atoms with Crippen LogP contribution < -0.4 is 10.0 Å². The van der Waals surface area contributed by atoms with Crippen molar-refractivity contribution in [3.05, 3.63) is 54.1 Å². The quantitative estimate of drug-likeness (QED) is 0.838. The second-order valence-corrected chi connectivity index (χ2v) is 6.42. The Morgan fingerprint density at radius 3 is 2.46 bits per heavy atom. The topological polar surface area (TPSA) is 97.7 Å². The Morgan fingerprint density at radius 2 is 1.79 bits per heavy atom. The van der Waals surface area contributed by atoms with Gasteiger partial charge in [0.1, 0.15) is 5.75 Å². The molecule has 0 radical (unpaired) electrons. The number of carbonyl (C=O) groups excluding carboxylic acids is 3. The number of carboxylic acids is 1. The fraction of sp³-hybridized carbons (Fsp3) is 0.118. The van der Waals surface area contributed by atoms with Gasteiger partial charge < -0.3 is 15.0 Å². The number of carbonyl (C=O) groups is 3. The summed E-state index contributed by atoms with van der Waals surface area (Å²) in [5.41, 5.74) is 0.366. The van der Waals surface area contributed by atoms with Crippen LogP contribution in [0.5, 0.6) is 5.75 Å². The standard InChI is InChI=1S/C17H13NO5S/c19-11-7-5-10(6-8-11)18-15(20)9-14(16(18)21)24-13-4-2-1-3-12(13)17(22)23/h1-8,14,19H,9H2,(H,22,23)/p-1/t14-/m1/s1. The molecule has 6 nitrogen and oxygen atoms in total. The lowest BCUT2D eigenvalue weighted by molar-refractivity contribution is -0.255. The van der Waals surface area contributed by atoms with Gasteiger partial charge in [0.25, 0.3) is 0 Å². The van der Waals surface area contributed by atoms with Crippen molar-refractivity contribution >= 4 is 35.2 Å². The molecule has 7 heteroatoms. The molecule has 2 amide bonds. The van der Waals surface area contributed by atoms with Crippen LogP contribution in [0.2, 0.25) is 0 Å². The van der Waals surface area contributed by atoms with E-state index in [0.717, 1.165) is 16.7 Å². The maximum absolute atomic E-state index is 12.5. The molecule has 1 aliphatic heterocycles. The molecule has 1 aliphatic rings. The highest BCUT2D eigenvalue weighted by Crippen LogP contribution is 2.35. The summed E-state index contributed by atoms with van der Waals surface area (Å²) < 4.78 is 0. The lowest BCUT2D eigenvalue weighted by Crippen LogP contribution is -2.31. The molecule has 1 heterocycles. The number of imide groups is 1. The molecule has 0 aliphatic carbocycles. The number of aromatic carboxylic acids is 1. The Hall–Kier alpha value is -2.80. The van der Waals surface area contributed by atoms with Crippen LogP contribution in [0, 0.1) is 0 Å². The number of aromatic hydroxyl groups is 1. The van der Waals surface area contributed by atoms with E-state index < -0.39 is 17.1 Å². The van der Waals surface area contributed by atoms with E-state index in [-0.39, 0.29) is 23.6 Å². The molecule has 1 N–H and O–H groups in total. The number of anilines is 1. The van der Waals surface area contributed by atoms with E-state index in [2.05, 4.69) is 0 Å².